The van der Waals surface area contributed by atoms with E-state index >= 15 is 0 Å². The fourth-order valence-corrected chi connectivity index (χ4v) is 2.98. The summed E-state index contributed by atoms with van der Waals surface area (Å²) in [6.45, 7) is 5.10. The lowest BCUT2D eigenvalue weighted by Gasteiger charge is -2.18. The highest BCUT2D eigenvalue weighted by molar-refractivity contribution is 7.18. The van der Waals surface area contributed by atoms with E-state index in [4.69, 9.17) is 11.6 Å². The van der Waals surface area contributed by atoms with E-state index in [-0.39, 0.29) is 5.78 Å². The van der Waals surface area contributed by atoms with Crippen molar-refractivity contribution in [2.45, 2.75) is 12.8 Å². The van der Waals surface area contributed by atoms with Gasteiger partial charge in [0.05, 0.1) is 9.21 Å². The first-order valence-electron chi connectivity index (χ1n) is 5.97. The summed E-state index contributed by atoms with van der Waals surface area (Å²) in [4.78, 5) is 15.0. The number of rotatable bonds is 4. The van der Waals surface area contributed by atoms with E-state index in [1.807, 2.05) is 6.07 Å². The molecule has 0 aromatic carbocycles. The largest absolute Gasteiger partial charge is 0.315 e. The lowest BCUT2D eigenvalue weighted by atomic mass is 10.2. The maximum absolute atomic E-state index is 11.9. The maximum atomic E-state index is 11.9. The fourth-order valence-electron chi connectivity index (χ4n) is 1.97. The van der Waals surface area contributed by atoms with Crippen LogP contribution in [0.2, 0.25) is 4.34 Å². The molecule has 1 fully saturated rings. The molecule has 5 heteroatoms. The molecule has 1 saturated heterocycles. The van der Waals surface area contributed by atoms with Gasteiger partial charge in [0.1, 0.15) is 0 Å². The van der Waals surface area contributed by atoms with Gasteiger partial charge in [0, 0.05) is 26.1 Å². The number of carbonyl (C=O) groups is 1. The van der Waals surface area contributed by atoms with E-state index in [1.165, 1.54) is 17.8 Å². The molecule has 1 aromatic rings. The Morgan fingerprint density at radius 1 is 1.41 bits per heavy atom. The molecule has 17 heavy (non-hydrogen) atoms. The highest BCUT2D eigenvalue weighted by Crippen LogP contribution is 2.22. The first-order chi connectivity index (χ1) is 8.25. The minimum absolute atomic E-state index is 0.208. The van der Waals surface area contributed by atoms with Crippen LogP contribution in [0.4, 0.5) is 0 Å². The summed E-state index contributed by atoms with van der Waals surface area (Å²) in [6.07, 6.45) is 1.76. The molecule has 0 spiro atoms. The average Bonchev–Trinajstić information content (AvgIpc) is 2.61. The number of thiophene rings is 1. The summed E-state index contributed by atoms with van der Waals surface area (Å²) in [5.74, 6) is 0.208. The fraction of sp³-hybridized carbons (Fsp3) is 0.583. The number of nitrogens with one attached hydrogen (secondary N) is 1. The third-order valence-electron chi connectivity index (χ3n) is 2.94. The van der Waals surface area contributed by atoms with E-state index in [9.17, 15) is 4.79 Å². The molecule has 0 bridgehead atoms. The SMILES string of the molecule is O=C(CCN1CCCNCC1)c1ccc(Cl)s1. The van der Waals surface area contributed by atoms with Crippen molar-refractivity contribution in [3.8, 4) is 0 Å². The first kappa shape index (κ1) is 13.0. The van der Waals surface area contributed by atoms with Crippen LogP contribution in [0.3, 0.4) is 0 Å². The smallest absolute Gasteiger partial charge is 0.174 e. The summed E-state index contributed by atoms with van der Waals surface area (Å²) < 4.78 is 0.687. The van der Waals surface area contributed by atoms with Gasteiger partial charge in [-0.25, -0.2) is 0 Å². The maximum Gasteiger partial charge on any atom is 0.174 e. The van der Waals surface area contributed by atoms with Crippen LogP contribution >= 0.6 is 22.9 Å². The number of hydrogen-bond acceptors (Lipinski definition) is 4. The van der Waals surface area contributed by atoms with E-state index in [1.54, 1.807) is 6.07 Å². The normalized spacial score (nSPS) is 17.9. The van der Waals surface area contributed by atoms with Crippen molar-refractivity contribution in [3.05, 3.63) is 21.3 Å². The van der Waals surface area contributed by atoms with Crippen LogP contribution in [0, 0.1) is 0 Å². The molecule has 0 atom stereocenters. The van der Waals surface area contributed by atoms with Gasteiger partial charge >= 0.3 is 0 Å². The Kier molecular flexibility index (Phi) is 4.98. The highest BCUT2D eigenvalue weighted by atomic mass is 35.5. The summed E-state index contributed by atoms with van der Waals surface area (Å²) in [5.41, 5.74) is 0. The number of carbonyl (C=O) groups excluding carboxylic acids is 1. The Morgan fingerprint density at radius 3 is 3.06 bits per heavy atom. The summed E-state index contributed by atoms with van der Waals surface area (Å²) in [7, 11) is 0. The number of hydrogen-bond donors (Lipinski definition) is 1. The van der Waals surface area contributed by atoms with Crippen molar-refractivity contribution >= 4 is 28.7 Å². The van der Waals surface area contributed by atoms with Crippen LogP contribution in [0.15, 0.2) is 12.1 Å². The quantitative estimate of drug-likeness (QED) is 0.854. The Hall–Kier alpha value is -0.420. The molecule has 0 amide bonds. The zero-order valence-corrected chi connectivity index (χ0v) is 11.3. The molecule has 0 unspecified atom stereocenters. The zero-order valence-electron chi connectivity index (χ0n) is 9.75. The van der Waals surface area contributed by atoms with Crippen LogP contribution in [-0.4, -0.2) is 43.4 Å². The van der Waals surface area contributed by atoms with Gasteiger partial charge in [-0.1, -0.05) is 11.6 Å². The number of Topliss-reactive ketones (excluding diaryl/α,β-unsaturated/α-hetero) is 1. The van der Waals surface area contributed by atoms with Gasteiger partial charge in [-0.2, -0.15) is 0 Å². The molecule has 1 aliphatic heterocycles. The molecule has 1 N–H and O–H groups in total. The van der Waals surface area contributed by atoms with Crippen molar-refractivity contribution in [2.75, 3.05) is 32.7 Å². The Morgan fingerprint density at radius 2 is 2.29 bits per heavy atom. The van der Waals surface area contributed by atoms with Gasteiger partial charge in [0.2, 0.25) is 0 Å². The lowest BCUT2D eigenvalue weighted by molar-refractivity contribution is 0.0969. The van der Waals surface area contributed by atoms with Crippen molar-refractivity contribution in [3.63, 3.8) is 0 Å². The van der Waals surface area contributed by atoms with Crippen molar-refractivity contribution < 1.29 is 4.79 Å². The number of ketones is 1. The summed E-state index contributed by atoms with van der Waals surface area (Å²) in [5, 5.41) is 3.36. The molecule has 2 heterocycles. The molecule has 3 nitrogen and oxygen atoms in total. The number of halogens is 1. The standard InChI is InChI=1S/C12H17ClN2OS/c13-12-3-2-11(17-12)10(16)4-8-15-7-1-5-14-6-9-15/h2-3,14H,1,4-9H2. The predicted molar refractivity (Wildman–Crippen MR) is 72.2 cm³/mol. The molecular weight excluding hydrogens is 256 g/mol. The number of nitrogens with zero attached hydrogens (tertiary/aromatic N) is 1. The minimum Gasteiger partial charge on any atom is -0.315 e. The molecular formula is C12H17ClN2OS. The topological polar surface area (TPSA) is 32.3 Å². The van der Waals surface area contributed by atoms with Crippen LogP contribution in [0.25, 0.3) is 0 Å². The summed E-state index contributed by atoms with van der Waals surface area (Å²) >= 11 is 7.19. The molecule has 0 radical (unpaired) electrons. The van der Waals surface area contributed by atoms with Crippen molar-refractivity contribution in [1.82, 2.24) is 10.2 Å². The van der Waals surface area contributed by atoms with Crippen molar-refractivity contribution in [1.29, 1.82) is 0 Å². The van der Waals surface area contributed by atoms with Crippen LogP contribution in [0.1, 0.15) is 22.5 Å². The van der Waals surface area contributed by atoms with Crippen LogP contribution in [-0.2, 0) is 0 Å². The second-order valence-electron chi connectivity index (χ2n) is 4.22. The second-order valence-corrected chi connectivity index (χ2v) is 5.94. The highest BCUT2D eigenvalue weighted by Gasteiger charge is 2.13. The van der Waals surface area contributed by atoms with E-state index < -0.39 is 0 Å². The Bertz CT molecular complexity index is 372. The Balaban J connectivity index is 1.79. The monoisotopic (exact) mass is 272 g/mol. The third-order valence-corrected chi connectivity index (χ3v) is 4.21. The third kappa shape index (κ3) is 4.07. The Labute approximate surface area is 111 Å². The minimum atomic E-state index is 0.208. The summed E-state index contributed by atoms with van der Waals surface area (Å²) in [6, 6.07) is 3.61. The van der Waals surface area contributed by atoms with E-state index in [2.05, 4.69) is 10.2 Å². The van der Waals surface area contributed by atoms with Gasteiger partial charge < -0.3 is 10.2 Å². The molecule has 94 valence electrons. The average molecular weight is 273 g/mol. The van der Waals surface area contributed by atoms with Gasteiger partial charge in [-0.3, -0.25) is 4.79 Å². The van der Waals surface area contributed by atoms with Gasteiger partial charge in [-0.05, 0) is 31.6 Å². The van der Waals surface area contributed by atoms with Gasteiger partial charge in [0.25, 0.3) is 0 Å². The first-order valence-corrected chi connectivity index (χ1v) is 7.17. The molecule has 1 aromatic heterocycles. The van der Waals surface area contributed by atoms with Gasteiger partial charge in [-0.15, -0.1) is 11.3 Å². The van der Waals surface area contributed by atoms with Crippen molar-refractivity contribution in [2.24, 2.45) is 0 Å². The molecule has 2 rings (SSSR count). The van der Waals surface area contributed by atoms with E-state index in [0.29, 0.717) is 10.8 Å². The molecule has 1 aliphatic rings. The lowest BCUT2D eigenvalue weighted by Crippen LogP contribution is -2.30. The predicted octanol–water partition coefficient (Wildman–Crippen LogP) is 2.27. The molecule has 0 saturated carbocycles. The van der Waals surface area contributed by atoms with Crippen LogP contribution < -0.4 is 5.32 Å². The van der Waals surface area contributed by atoms with Crippen LogP contribution in [0.5, 0.6) is 0 Å². The van der Waals surface area contributed by atoms with Gasteiger partial charge in [0.15, 0.2) is 5.78 Å². The zero-order chi connectivity index (χ0) is 12.1. The second kappa shape index (κ2) is 6.50. The van der Waals surface area contributed by atoms with E-state index in [0.717, 1.165) is 37.6 Å². The molecule has 0 aliphatic carbocycles.